The van der Waals surface area contributed by atoms with Gasteiger partial charge in [0, 0.05) is 6.20 Å². The number of halogens is 3. The summed E-state index contributed by atoms with van der Waals surface area (Å²) in [6.45, 7) is -1.49. The van der Waals surface area contributed by atoms with Crippen molar-refractivity contribution in [1.29, 1.82) is 0 Å². The number of alkyl halides is 3. The Balaban J connectivity index is 2.34. The van der Waals surface area contributed by atoms with Crippen molar-refractivity contribution in [2.24, 2.45) is 0 Å². The number of pyridine rings is 1. The summed E-state index contributed by atoms with van der Waals surface area (Å²) < 4.78 is 63.2. The van der Waals surface area contributed by atoms with Gasteiger partial charge < -0.3 is 4.57 Å². The van der Waals surface area contributed by atoms with Crippen LogP contribution < -0.4 is 10.3 Å². The lowest BCUT2D eigenvalue weighted by atomic mass is 10.4. The highest BCUT2D eigenvalue weighted by atomic mass is 32.2. The average Bonchev–Trinajstić information content (AvgIpc) is 2.87. The molecular weight excluding hydrogens is 329 g/mol. The van der Waals surface area contributed by atoms with Crippen molar-refractivity contribution in [2.75, 3.05) is 4.72 Å². The summed E-state index contributed by atoms with van der Waals surface area (Å²) in [5, 5.41) is 1.53. The first kappa shape index (κ1) is 15.6. The third-order valence-corrected chi connectivity index (χ3v) is 5.14. The highest BCUT2D eigenvalue weighted by Crippen LogP contribution is 2.19. The van der Waals surface area contributed by atoms with Crippen molar-refractivity contribution in [3.63, 3.8) is 0 Å². The van der Waals surface area contributed by atoms with Crippen molar-refractivity contribution in [3.8, 4) is 0 Å². The van der Waals surface area contributed by atoms with E-state index in [1.54, 1.807) is 0 Å². The summed E-state index contributed by atoms with van der Waals surface area (Å²) in [5.41, 5.74) is -1.50. The van der Waals surface area contributed by atoms with Gasteiger partial charge in [-0.15, -0.1) is 11.3 Å². The molecule has 10 heteroatoms. The van der Waals surface area contributed by atoms with Crippen molar-refractivity contribution >= 4 is 27.0 Å². The molecule has 0 amide bonds. The normalized spacial score (nSPS) is 12.3. The fourth-order valence-corrected chi connectivity index (χ4v) is 3.59. The smallest absolute Gasteiger partial charge is 0.305 e. The second-order valence-electron chi connectivity index (χ2n) is 4.01. The lowest BCUT2D eigenvalue weighted by molar-refractivity contribution is -0.141. The van der Waals surface area contributed by atoms with Crippen LogP contribution in [0.4, 0.5) is 18.9 Å². The van der Waals surface area contributed by atoms with Crippen molar-refractivity contribution in [2.45, 2.75) is 16.9 Å². The van der Waals surface area contributed by atoms with Gasteiger partial charge in [0.15, 0.2) is 0 Å². The van der Waals surface area contributed by atoms with E-state index >= 15 is 0 Å². The fourth-order valence-electron chi connectivity index (χ4n) is 1.54. The number of anilines is 1. The summed E-state index contributed by atoms with van der Waals surface area (Å²) in [7, 11) is -3.98. The number of aromatic nitrogens is 1. The predicted molar refractivity (Wildman–Crippen MR) is 71.9 cm³/mol. The Kier molecular flexibility index (Phi) is 4.10. The van der Waals surface area contributed by atoms with Gasteiger partial charge in [0.25, 0.3) is 15.6 Å². The Labute approximate surface area is 121 Å². The molecule has 2 rings (SSSR count). The van der Waals surface area contributed by atoms with Crippen LogP contribution >= 0.6 is 11.3 Å². The highest BCUT2D eigenvalue weighted by Gasteiger charge is 2.29. The van der Waals surface area contributed by atoms with Crippen LogP contribution in [0.3, 0.4) is 0 Å². The standard InChI is InChI=1S/C11H9F3N2O3S2/c12-11(13,14)7-16-5-1-3-8(10(16)17)15-21(18,19)9-4-2-6-20-9/h1-6,15H,7H2. The topological polar surface area (TPSA) is 68.2 Å². The Bertz CT molecular complexity index is 780. The maximum absolute atomic E-state index is 12.3. The molecule has 0 atom stereocenters. The van der Waals surface area contributed by atoms with Crippen LogP contribution in [0.2, 0.25) is 0 Å². The minimum absolute atomic E-state index is 0.0341. The van der Waals surface area contributed by atoms with Crippen molar-refractivity contribution in [1.82, 2.24) is 4.57 Å². The molecule has 0 saturated carbocycles. The number of rotatable bonds is 4. The summed E-state index contributed by atoms with van der Waals surface area (Å²) in [4.78, 5) is 11.8. The Morgan fingerprint density at radius 3 is 2.52 bits per heavy atom. The molecule has 0 radical (unpaired) electrons. The molecule has 5 nitrogen and oxygen atoms in total. The molecule has 114 valence electrons. The first-order valence-corrected chi connectivity index (χ1v) is 7.88. The quantitative estimate of drug-likeness (QED) is 0.930. The molecule has 2 aromatic heterocycles. The third-order valence-electron chi connectivity index (χ3n) is 2.37. The molecule has 0 fully saturated rings. The van der Waals surface area contributed by atoms with Gasteiger partial charge in [0.2, 0.25) is 0 Å². The van der Waals surface area contributed by atoms with Gasteiger partial charge in [0.05, 0.1) is 0 Å². The molecule has 0 aliphatic carbocycles. The third kappa shape index (κ3) is 3.85. The van der Waals surface area contributed by atoms with Crippen LogP contribution in [-0.4, -0.2) is 19.2 Å². The van der Waals surface area contributed by atoms with Gasteiger partial charge in [-0.25, -0.2) is 8.42 Å². The monoisotopic (exact) mass is 338 g/mol. The molecule has 0 bridgehead atoms. The molecule has 0 aliphatic heterocycles. The molecule has 0 aliphatic rings. The van der Waals surface area contributed by atoms with E-state index in [9.17, 15) is 26.4 Å². The molecule has 0 unspecified atom stereocenters. The van der Waals surface area contributed by atoms with E-state index in [2.05, 4.69) is 0 Å². The molecule has 21 heavy (non-hydrogen) atoms. The zero-order valence-electron chi connectivity index (χ0n) is 10.3. The van der Waals surface area contributed by atoms with Crippen LogP contribution in [0.25, 0.3) is 0 Å². The number of sulfonamides is 1. The van der Waals surface area contributed by atoms with E-state index in [4.69, 9.17) is 0 Å². The van der Waals surface area contributed by atoms with Crippen LogP contribution in [0.5, 0.6) is 0 Å². The first-order chi connectivity index (χ1) is 9.69. The Morgan fingerprint density at radius 1 is 1.24 bits per heavy atom. The van der Waals surface area contributed by atoms with E-state index in [0.29, 0.717) is 4.57 Å². The number of nitrogens with one attached hydrogen (secondary N) is 1. The lowest BCUT2D eigenvalue weighted by Gasteiger charge is -2.11. The molecular formula is C11H9F3N2O3S2. The number of hydrogen-bond donors (Lipinski definition) is 1. The van der Waals surface area contributed by atoms with Crippen molar-refractivity contribution in [3.05, 3.63) is 46.2 Å². The summed E-state index contributed by atoms with van der Waals surface area (Å²) in [6.07, 6.45) is -3.63. The molecule has 0 saturated heterocycles. The summed E-state index contributed by atoms with van der Waals surface area (Å²) in [5.74, 6) is 0. The predicted octanol–water partition coefficient (Wildman–Crippen LogP) is 2.27. The van der Waals surface area contributed by atoms with E-state index in [0.717, 1.165) is 23.6 Å². The van der Waals surface area contributed by atoms with Gasteiger partial charge >= 0.3 is 6.18 Å². The maximum Gasteiger partial charge on any atom is 0.406 e. The maximum atomic E-state index is 12.3. The van der Waals surface area contributed by atoms with Gasteiger partial charge in [-0.05, 0) is 23.6 Å². The van der Waals surface area contributed by atoms with Crippen LogP contribution in [0, 0.1) is 0 Å². The molecule has 1 N–H and O–H groups in total. The molecule has 2 heterocycles. The van der Waals surface area contributed by atoms with Crippen molar-refractivity contribution < 1.29 is 21.6 Å². The SMILES string of the molecule is O=c1c(NS(=O)(=O)c2cccs2)cccn1CC(F)(F)F. The molecule has 0 spiro atoms. The number of hydrogen-bond acceptors (Lipinski definition) is 4. The second-order valence-corrected chi connectivity index (χ2v) is 6.86. The van der Waals surface area contributed by atoms with Gasteiger partial charge in [-0.3, -0.25) is 9.52 Å². The largest absolute Gasteiger partial charge is 0.406 e. The minimum atomic E-state index is -4.57. The molecule has 2 aromatic rings. The zero-order valence-corrected chi connectivity index (χ0v) is 11.9. The van der Waals surface area contributed by atoms with Crippen LogP contribution in [0.15, 0.2) is 44.8 Å². The van der Waals surface area contributed by atoms with E-state index in [-0.39, 0.29) is 4.21 Å². The first-order valence-electron chi connectivity index (χ1n) is 5.51. The van der Waals surface area contributed by atoms with E-state index in [1.807, 2.05) is 4.72 Å². The minimum Gasteiger partial charge on any atom is -0.305 e. The summed E-state index contributed by atoms with van der Waals surface area (Å²) >= 11 is 0.930. The average molecular weight is 338 g/mol. The highest BCUT2D eigenvalue weighted by molar-refractivity contribution is 7.94. The van der Waals surface area contributed by atoms with Gasteiger partial charge in [0.1, 0.15) is 16.4 Å². The van der Waals surface area contributed by atoms with E-state index < -0.39 is 34.0 Å². The number of nitrogens with zero attached hydrogens (tertiary/aromatic N) is 1. The van der Waals surface area contributed by atoms with Gasteiger partial charge in [-0.2, -0.15) is 13.2 Å². The second kappa shape index (κ2) is 5.53. The van der Waals surface area contributed by atoms with Gasteiger partial charge in [-0.1, -0.05) is 6.07 Å². The lowest BCUT2D eigenvalue weighted by Crippen LogP contribution is -2.30. The summed E-state index contributed by atoms with van der Waals surface area (Å²) in [6, 6.07) is 5.11. The molecule has 0 aromatic carbocycles. The zero-order chi connectivity index (χ0) is 15.7. The van der Waals surface area contributed by atoms with E-state index in [1.165, 1.54) is 23.6 Å². The Morgan fingerprint density at radius 2 is 1.95 bits per heavy atom. The number of thiophene rings is 1. The van der Waals surface area contributed by atoms with Crippen LogP contribution in [0.1, 0.15) is 0 Å². The van der Waals surface area contributed by atoms with Crippen LogP contribution in [-0.2, 0) is 16.6 Å². The Hall–Kier alpha value is -1.81. The fraction of sp³-hybridized carbons (Fsp3) is 0.182.